The lowest BCUT2D eigenvalue weighted by atomic mass is 10.1. The van der Waals surface area contributed by atoms with E-state index >= 15 is 0 Å². The van der Waals surface area contributed by atoms with Gasteiger partial charge in [-0.3, -0.25) is 4.79 Å². The van der Waals surface area contributed by atoms with Gasteiger partial charge in [0.2, 0.25) is 5.91 Å². The summed E-state index contributed by atoms with van der Waals surface area (Å²) in [5.41, 5.74) is 12.2. The zero-order valence-electron chi connectivity index (χ0n) is 15.7. The Hall–Kier alpha value is -3.79. The molecule has 2 heterocycles. The van der Waals surface area contributed by atoms with Crippen LogP contribution in [0.1, 0.15) is 12.8 Å². The van der Waals surface area contributed by atoms with Crippen LogP contribution < -0.4 is 27.4 Å². The van der Waals surface area contributed by atoms with Crippen molar-refractivity contribution in [3.63, 3.8) is 0 Å². The van der Waals surface area contributed by atoms with Gasteiger partial charge in [-0.1, -0.05) is 18.2 Å². The Morgan fingerprint density at radius 2 is 1.79 bits per heavy atom. The monoisotopic (exact) mass is 393 g/mol. The van der Waals surface area contributed by atoms with E-state index in [1.807, 2.05) is 30.3 Å². The number of aromatic nitrogens is 4. The molecule has 150 valence electrons. The number of para-hydroxylation sites is 1. The molecular formula is C19H23N9O. The molecule has 0 aliphatic carbocycles. The average Bonchev–Trinajstić information content (AvgIpc) is 2.74. The summed E-state index contributed by atoms with van der Waals surface area (Å²) in [5.74, 6) is 1.89. The smallest absolute Gasteiger partial charge is 0.241 e. The molecule has 0 saturated heterocycles. The first-order chi connectivity index (χ1) is 14.1. The summed E-state index contributed by atoms with van der Waals surface area (Å²) < 4.78 is 0. The molecule has 0 saturated carbocycles. The lowest BCUT2D eigenvalue weighted by molar-refractivity contribution is -0.117. The molecule has 0 unspecified atom stereocenters. The standard InChI is InChI=1S/C19H23N9O/c20-14(19(29)27-13-5-2-1-3-6-13)7-4-8-22-16-9-17(26-12-25-16)28-18-11-23-15(21)10-24-18/h1-3,5-6,9-12,14H,4,7-8,20H2,(H2,21,23)(H,27,29)(H2,22,24,25,26,28)/t14-/m0/s1. The predicted molar refractivity (Wildman–Crippen MR) is 113 cm³/mol. The van der Waals surface area contributed by atoms with Crippen molar-refractivity contribution < 1.29 is 4.79 Å². The Morgan fingerprint density at radius 1 is 1.00 bits per heavy atom. The van der Waals surface area contributed by atoms with E-state index in [0.29, 0.717) is 42.7 Å². The summed E-state index contributed by atoms with van der Waals surface area (Å²) in [5, 5.41) is 9.02. The van der Waals surface area contributed by atoms with Crippen LogP contribution in [0.2, 0.25) is 0 Å². The Labute approximate surface area is 168 Å². The normalized spacial score (nSPS) is 11.5. The molecule has 29 heavy (non-hydrogen) atoms. The van der Waals surface area contributed by atoms with Crippen LogP contribution in [0.3, 0.4) is 0 Å². The number of carbonyl (C=O) groups excluding carboxylic acids is 1. The molecule has 1 atom stereocenters. The first-order valence-corrected chi connectivity index (χ1v) is 9.12. The number of rotatable bonds is 9. The molecule has 0 aliphatic rings. The number of nitrogen functional groups attached to an aromatic ring is 1. The van der Waals surface area contributed by atoms with Gasteiger partial charge in [0.15, 0.2) is 0 Å². The first-order valence-electron chi connectivity index (χ1n) is 9.12. The van der Waals surface area contributed by atoms with Crippen LogP contribution in [0.4, 0.5) is 29.0 Å². The molecule has 7 N–H and O–H groups in total. The second-order valence-corrected chi connectivity index (χ2v) is 6.27. The molecule has 3 rings (SSSR count). The Morgan fingerprint density at radius 3 is 2.55 bits per heavy atom. The summed E-state index contributed by atoms with van der Waals surface area (Å²) >= 11 is 0. The fraction of sp³-hybridized carbons (Fsp3) is 0.211. The quantitative estimate of drug-likeness (QED) is 0.342. The Bertz CT molecular complexity index is 918. The fourth-order valence-electron chi connectivity index (χ4n) is 2.48. The second-order valence-electron chi connectivity index (χ2n) is 6.27. The van der Waals surface area contributed by atoms with Crippen molar-refractivity contribution in [2.24, 2.45) is 5.73 Å². The van der Waals surface area contributed by atoms with Crippen LogP contribution in [0.15, 0.2) is 55.1 Å². The van der Waals surface area contributed by atoms with Gasteiger partial charge in [0, 0.05) is 18.3 Å². The van der Waals surface area contributed by atoms with E-state index in [0.717, 1.165) is 5.69 Å². The molecule has 0 bridgehead atoms. The molecule has 0 spiro atoms. The largest absolute Gasteiger partial charge is 0.382 e. The van der Waals surface area contributed by atoms with Crippen molar-refractivity contribution in [1.82, 2.24) is 19.9 Å². The summed E-state index contributed by atoms with van der Waals surface area (Å²) in [7, 11) is 0. The van der Waals surface area contributed by atoms with E-state index in [4.69, 9.17) is 11.5 Å². The Kier molecular flexibility index (Phi) is 6.85. The van der Waals surface area contributed by atoms with E-state index in [9.17, 15) is 4.79 Å². The third kappa shape index (κ3) is 6.40. The maximum Gasteiger partial charge on any atom is 0.241 e. The van der Waals surface area contributed by atoms with E-state index in [1.54, 1.807) is 6.07 Å². The fourth-order valence-corrected chi connectivity index (χ4v) is 2.48. The zero-order valence-corrected chi connectivity index (χ0v) is 15.7. The molecule has 0 radical (unpaired) electrons. The number of hydrogen-bond donors (Lipinski definition) is 5. The van der Waals surface area contributed by atoms with Crippen molar-refractivity contribution >= 4 is 34.9 Å². The second kappa shape index (κ2) is 9.95. The molecule has 10 nitrogen and oxygen atoms in total. The minimum atomic E-state index is -0.580. The third-order valence-corrected chi connectivity index (χ3v) is 3.97. The highest BCUT2D eigenvalue weighted by Gasteiger charge is 2.13. The molecule has 3 aromatic rings. The van der Waals surface area contributed by atoms with Gasteiger partial charge in [0.1, 0.15) is 29.6 Å². The van der Waals surface area contributed by atoms with E-state index in [2.05, 4.69) is 35.9 Å². The molecule has 0 fully saturated rings. The van der Waals surface area contributed by atoms with Gasteiger partial charge in [0.05, 0.1) is 18.4 Å². The van der Waals surface area contributed by atoms with E-state index in [1.165, 1.54) is 18.7 Å². The summed E-state index contributed by atoms with van der Waals surface area (Å²) in [4.78, 5) is 28.5. The third-order valence-electron chi connectivity index (χ3n) is 3.97. The van der Waals surface area contributed by atoms with Gasteiger partial charge in [-0.2, -0.15) is 0 Å². The predicted octanol–water partition coefficient (Wildman–Crippen LogP) is 1.75. The number of hydrogen-bond acceptors (Lipinski definition) is 9. The molecule has 1 amide bonds. The number of amides is 1. The molecule has 1 aromatic carbocycles. The summed E-state index contributed by atoms with van der Waals surface area (Å²) in [6, 6.07) is 10.4. The first kappa shape index (κ1) is 20.0. The van der Waals surface area contributed by atoms with E-state index < -0.39 is 6.04 Å². The molecule has 10 heteroatoms. The SMILES string of the molecule is Nc1cnc(Nc2cc(NCCC[C@H](N)C(=O)Nc3ccccc3)ncn2)cn1. The highest BCUT2D eigenvalue weighted by molar-refractivity contribution is 5.94. The maximum atomic E-state index is 12.1. The molecule has 2 aromatic heterocycles. The van der Waals surface area contributed by atoms with Crippen molar-refractivity contribution in [2.75, 3.05) is 28.2 Å². The number of benzene rings is 1. The van der Waals surface area contributed by atoms with Crippen molar-refractivity contribution in [3.8, 4) is 0 Å². The Balaban J connectivity index is 1.42. The minimum absolute atomic E-state index is 0.200. The average molecular weight is 393 g/mol. The highest BCUT2D eigenvalue weighted by atomic mass is 16.2. The van der Waals surface area contributed by atoms with Crippen LogP contribution >= 0.6 is 0 Å². The van der Waals surface area contributed by atoms with Gasteiger partial charge in [0.25, 0.3) is 0 Å². The van der Waals surface area contributed by atoms with Crippen LogP contribution in [0, 0.1) is 0 Å². The number of nitrogens with zero attached hydrogens (tertiary/aromatic N) is 4. The van der Waals surface area contributed by atoms with Crippen LogP contribution in [-0.2, 0) is 4.79 Å². The minimum Gasteiger partial charge on any atom is -0.382 e. The van der Waals surface area contributed by atoms with E-state index in [-0.39, 0.29) is 5.91 Å². The van der Waals surface area contributed by atoms with Gasteiger partial charge < -0.3 is 27.4 Å². The van der Waals surface area contributed by atoms with Gasteiger partial charge in [-0.05, 0) is 25.0 Å². The summed E-state index contributed by atoms with van der Waals surface area (Å²) in [6.07, 6.45) is 5.67. The lowest BCUT2D eigenvalue weighted by Crippen LogP contribution is -2.35. The number of nitrogens with two attached hydrogens (primary N) is 2. The summed E-state index contributed by atoms with van der Waals surface area (Å²) in [6.45, 7) is 0.616. The number of anilines is 5. The van der Waals surface area contributed by atoms with Crippen molar-refractivity contribution in [2.45, 2.75) is 18.9 Å². The highest BCUT2D eigenvalue weighted by Crippen LogP contribution is 2.14. The molecular weight excluding hydrogens is 370 g/mol. The van der Waals surface area contributed by atoms with Crippen LogP contribution in [-0.4, -0.2) is 38.4 Å². The van der Waals surface area contributed by atoms with Crippen molar-refractivity contribution in [1.29, 1.82) is 0 Å². The van der Waals surface area contributed by atoms with Gasteiger partial charge in [-0.25, -0.2) is 19.9 Å². The number of carbonyl (C=O) groups is 1. The van der Waals surface area contributed by atoms with Crippen molar-refractivity contribution in [3.05, 3.63) is 55.1 Å². The van der Waals surface area contributed by atoms with Crippen LogP contribution in [0.5, 0.6) is 0 Å². The van der Waals surface area contributed by atoms with Gasteiger partial charge in [-0.15, -0.1) is 0 Å². The zero-order chi connectivity index (χ0) is 20.5. The molecule has 0 aliphatic heterocycles. The maximum absolute atomic E-state index is 12.1. The van der Waals surface area contributed by atoms with Gasteiger partial charge >= 0.3 is 0 Å². The van der Waals surface area contributed by atoms with Crippen LogP contribution in [0.25, 0.3) is 0 Å². The topological polar surface area (TPSA) is 157 Å². The lowest BCUT2D eigenvalue weighted by Gasteiger charge is -2.13. The number of nitrogens with one attached hydrogen (secondary N) is 3.